The number of aromatic nitrogens is 3. The largest absolute Gasteiger partial charge is 0.355 e. The molecule has 2 aliphatic heterocycles. The van der Waals surface area contributed by atoms with Crippen molar-refractivity contribution in [3.05, 3.63) is 81.0 Å². The fraction of sp³-hybridized carbons (Fsp3) is 0.208. The van der Waals surface area contributed by atoms with Crippen LogP contribution in [0.4, 0.5) is 0 Å². The Morgan fingerprint density at radius 2 is 1.81 bits per heavy atom. The number of carbonyl (C=O) groups is 1. The van der Waals surface area contributed by atoms with Crippen LogP contribution in [0.25, 0.3) is 22.7 Å². The van der Waals surface area contributed by atoms with Crippen molar-refractivity contribution in [2.75, 3.05) is 6.54 Å². The second kappa shape index (κ2) is 7.50. The van der Waals surface area contributed by atoms with Gasteiger partial charge in [-0.1, -0.05) is 58.7 Å². The van der Waals surface area contributed by atoms with E-state index in [1.54, 1.807) is 18.2 Å². The molecule has 160 valence electrons. The Balaban J connectivity index is 1.37. The first-order chi connectivity index (χ1) is 15.6. The summed E-state index contributed by atoms with van der Waals surface area (Å²) in [6.45, 7) is 1.83. The summed E-state index contributed by atoms with van der Waals surface area (Å²) in [6, 6.07) is 15.0. The molecule has 4 heterocycles. The molecule has 0 atom stereocenters. The number of carbonyl (C=O) groups excluding carboxylic acids is 1. The van der Waals surface area contributed by atoms with E-state index in [-0.39, 0.29) is 5.91 Å². The number of aryl methyl sites for hydroxylation is 1. The fourth-order valence-electron chi connectivity index (χ4n) is 4.60. The number of hydrogen-bond donors (Lipinski definition) is 0. The normalized spacial score (nSPS) is 14.6. The van der Waals surface area contributed by atoms with Crippen molar-refractivity contribution in [1.29, 1.82) is 0 Å². The van der Waals surface area contributed by atoms with Gasteiger partial charge in [-0.2, -0.15) is 5.10 Å². The Kier molecular flexibility index (Phi) is 4.59. The molecule has 2 aliphatic rings. The van der Waals surface area contributed by atoms with Gasteiger partial charge in [-0.15, -0.1) is 0 Å². The van der Waals surface area contributed by atoms with Gasteiger partial charge in [0.2, 0.25) is 0 Å². The Morgan fingerprint density at radius 1 is 0.969 bits per heavy atom. The van der Waals surface area contributed by atoms with Gasteiger partial charge in [0.15, 0.2) is 5.76 Å². The Hall–Kier alpha value is -3.09. The third kappa shape index (κ3) is 3.05. The van der Waals surface area contributed by atoms with Gasteiger partial charge in [0, 0.05) is 41.8 Å². The molecule has 32 heavy (non-hydrogen) atoms. The molecule has 1 amide bonds. The SMILES string of the molecule is O=C(c1ccc(Cl)c(Cl)c1)N1CCc2nn3c(c2C1)-c1noc(-c2ccccc2)c1CC3. The van der Waals surface area contributed by atoms with Crippen LogP contribution in [-0.4, -0.2) is 32.3 Å². The molecular formula is C24H18Cl2N4O2. The number of nitrogens with zero attached hydrogens (tertiary/aromatic N) is 4. The lowest BCUT2D eigenvalue weighted by Crippen LogP contribution is -2.36. The van der Waals surface area contributed by atoms with Crippen molar-refractivity contribution < 1.29 is 9.32 Å². The Bertz CT molecular complexity index is 1360. The summed E-state index contributed by atoms with van der Waals surface area (Å²) in [5.74, 6) is 0.733. The minimum Gasteiger partial charge on any atom is -0.355 e. The summed E-state index contributed by atoms with van der Waals surface area (Å²) >= 11 is 12.1. The summed E-state index contributed by atoms with van der Waals surface area (Å²) in [5.41, 5.74) is 6.48. The highest BCUT2D eigenvalue weighted by molar-refractivity contribution is 6.42. The molecule has 6 nitrogen and oxygen atoms in total. The highest BCUT2D eigenvalue weighted by atomic mass is 35.5. The summed E-state index contributed by atoms with van der Waals surface area (Å²) in [6.07, 6.45) is 1.50. The molecule has 0 aliphatic carbocycles. The summed E-state index contributed by atoms with van der Waals surface area (Å²) < 4.78 is 7.80. The molecule has 4 aromatic rings. The zero-order valence-corrected chi connectivity index (χ0v) is 18.5. The first-order valence-electron chi connectivity index (χ1n) is 10.5. The number of rotatable bonds is 2. The quantitative estimate of drug-likeness (QED) is 0.405. The van der Waals surface area contributed by atoms with Crippen LogP contribution in [0.3, 0.4) is 0 Å². The predicted octanol–water partition coefficient (Wildman–Crippen LogP) is 5.27. The lowest BCUT2D eigenvalue weighted by atomic mass is 9.96. The van der Waals surface area contributed by atoms with Gasteiger partial charge in [-0.3, -0.25) is 9.48 Å². The molecule has 0 fully saturated rings. The molecule has 0 unspecified atom stereocenters. The summed E-state index contributed by atoms with van der Waals surface area (Å²) in [5, 5.41) is 10.1. The number of hydrogen-bond acceptors (Lipinski definition) is 4. The molecular weight excluding hydrogens is 447 g/mol. The van der Waals surface area contributed by atoms with E-state index in [1.165, 1.54) is 0 Å². The maximum Gasteiger partial charge on any atom is 0.254 e. The van der Waals surface area contributed by atoms with E-state index in [1.807, 2.05) is 39.9 Å². The topological polar surface area (TPSA) is 64.2 Å². The highest BCUT2D eigenvalue weighted by Gasteiger charge is 2.34. The number of halogens is 2. The van der Waals surface area contributed by atoms with Crippen LogP contribution in [0.1, 0.15) is 27.2 Å². The molecule has 0 bridgehead atoms. The van der Waals surface area contributed by atoms with Crippen LogP contribution in [0, 0.1) is 0 Å². The van der Waals surface area contributed by atoms with E-state index in [9.17, 15) is 4.79 Å². The lowest BCUT2D eigenvalue weighted by Gasteiger charge is -2.27. The first-order valence-corrected chi connectivity index (χ1v) is 11.2. The number of fused-ring (bicyclic) bond motifs is 5. The molecule has 0 radical (unpaired) electrons. The van der Waals surface area contributed by atoms with Gasteiger partial charge in [0.05, 0.1) is 28.0 Å². The third-order valence-electron chi connectivity index (χ3n) is 6.18. The zero-order valence-electron chi connectivity index (χ0n) is 17.0. The van der Waals surface area contributed by atoms with Crippen LogP contribution in [-0.2, 0) is 25.9 Å². The Labute approximate surface area is 194 Å². The Morgan fingerprint density at radius 3 is 2.62 bits per heavy atom. The van der Waals surface area contributed by atoms with Gasteiger partial charge in [-0.05, 0) is 24.6 Å². The van der Waals surface area contributed by atoms with E-state index < -0.39 is 0 Å². The highest BCUT2D eigenvalue weighted by Crippen LogP contribution is 2.40. The van der Waals surface area contributed by atoms with E-state index >= 15 is 0 Å². The first kappa shape index (κ1) is 19.6. The fourth-order valence-corrected chi connectivity index (χ4v) is 4.90. The lowest BCUT2D eigenvalue weighted by molar-refractivity contribution is 0.0734. The number of benzene rings is 2. The van der Waals surface area contributed by atoms with E-state index in [2.05, 4.69) is 5.16 Å². The second-order valence-electron chi connectivity index (χ2n) is 8.06. The molecule has 2 aromatic carbocycles. The standard InChI is InChI=1S/C24H18Cl2N4O2/c25-18-7-6-15(12-19(18)26)24(31)29-10-9-20-17(13-29)22-21-16(8-11-30(22)27-20)23(32-28-21)14-4-2-1-3-5-14/h1-7,12H,8-11,13H2. The minimum absolute atomic E-state index is 0.0738. The van der Waals surface area contributed by atoms with Gasteiger partial charge < -0.3 is 9.42 Å². The van der Waals surface area contributed by atoms with Crippen molar-refractivity contribution in [1.82, 2.24) is 19.8 Å². The van der Waals surface area contributed by atoms with Gasteiger partial charge >= 0.3 is 0 Å². The van der Waals surface area contributed by atoms with Crippen molar-refractivity contribution in [2.24, 2.45) is 0 Å². The van der Waals surface area contributed by atoms with E-state index in [0.29, 0.717) is 35.1 Å². The van der Waals surface area contributed by atoms with Crippen molar-refractivity contribution in [3.63, 3.8) is 0 Å². The molecule has 0 saturated heterocycles. The minimum atomic E-state index is -0.0738. The van der Waals surface area contributed by atoms with Crippen molar-refractivity contribution in [2.45, 2.75) is 25.9 Å². The summed E-state index contributed by atoms with van der Waals surface area (Å²) in [7, 11) is 0. The molecule has 0 spiro atoms. The smallest absolute Gasteiger partial charge is 0.254 e. The van der Waals surface area contributed by atoms with Gasteiger partial charge in [0.25, 0.3) is 5.91 Å². The molecule has 6 rings (SSSR count). The monoisotopic (exact) mass is 464 g/mol. The van der Waals surface area contributed by atoms with Crippen LogP contribution in [0.15, 0.2) is 53.1 Å². The molecule has 0 saturated carbocycles. The molecule has 0 N–H and O–H groups in total. The maximum absolute atomic E-state index is 13.2. The van der Waals surface area contributed by atoms with Crippen LogP contribution in [0.5, 0.6) is 0 Å². The summed E-state index contributed by atoms with van der Waals surface area (Å²) in [4.78, 5) is 15.0. The van der Waals surface area contributed by atoms with E-state index in [4.69, 9.17) is 32.8 Å². The van der Waals surface area contributed by atoms with Crippen LogP contribution in [0.2, 0.25) is 10.0 Å². The maximum atomic E-state index is 13.2. The predicted molar refractivity (Wildman–Crippen MR) is 122 cm³/mol. The molecule has 2 aromatic heterocycles. The van der Waals surface area contributed by atoms with Gasteiger partial charge in [0.1, 0.15) is 5.69 Å². The third-order valence-corrected chi connectivity index (χ3v) is 6.92. The van der Waals surface area contributed by atoms with Crippen molar-refractivity contribution >= 4 is 29.1 Å². The van der Waals surface area contributed by atoms with Gasteiger partial charge in [-0.25, -0.2) is 0 Å². The van der Waals surface area contributed by atoms with E-state index in [0.717, 1.165) is 52.5 Å². The average molecular weight is 465 g/mol. The van der Waals surface area contributed by atoms with Crippen molar-refractivity contribution in [3.8, 4) is 22.7 Å². The van der Waals surface area contributed by atoms with Crippen LogP contribution >= 0.6 is 23.2 Å². The number of amides is 1. The zero-order chi connectivity index (χ0) is 21.8. The second-order valence-corrected chi connectivity index (χ2v) is 8.87. The van der Waals surface area contributed by atoms with Crippen LogP contribution < -0.4 is 0 Å². The average Bonchev–Trinajstić information content (AvgIpc) is 3.41. The molecule has 8 heteroatoms.